The molecule has 0 heterocycles. The number of methoxy groups -OCH3 is 2. The molecule has 0 saturated carbocycles. The van der Waals surface area contributed by atoms with Crippen molar-refractivity contribution in [2.45, 2.75) is 32.2 Å². The highest BCUT2D eigenvalue weighted by Crippen LogP contribution is 2.30. The van der Waals surface area contributed by atoms with Gasteiger partial charge in [-0.1, -0.05) is 24.3 Å². The highest BCUT2D eigenvalue weighted by molar-refractivity contribution is 5.77. The van der Waals surface area contributed by atoms with Crippen molar-refractivity contribution in [3.63, 3.8) is 0 Å². The predicted octanol–water partition coefficient (Wildman–Crippen LogP) is 3.75. The van der Waals surface area contributed by atoms with E-state index < -0.39 is 0 Å². The first kappa shape index (κ1) is 17.9. The first-order valence-electron chi connectivity index (χ1n) is 8.10. The molecule has 1 amide bonds. The predicted molar refractivity (Wildman–Crippen MR) is 95.7 cm³/mol. The molecule has 4 nitrogen and oxygen atoms in total. The van der Waals surface area contributed by atoms with Crippen molar-refractivity contribution < 1.29 is 14.3 Å². The van der Waals surface area contributed by atoms with Gasteiger partial charge < -0.3 is 14.8 Å². The quantitative estimate of drug-likeness (QED) is 0.842. The van der Waals surface area contributed by atoms with E-state index in [1.165, 1.54) is 0 Å². The maximum Gasteiger partial charge on any atom is 0.221 e. The van der Waals surface area contributed by atoms with Gasteiger partial charge in [-0.15, -0.1) is 0 Å². The second-order valence-electron chi connectivity index (χ2n) is 6.03. The largest absolute Gasteiger partial charge is 0.497 e. The Morgan fingerprint density at radius 1 is 0.875 bits per heavy atom. The highest BCUT2D eigenvalue weighted by atomic mass is 16.5. The van der Waals surface area contributed by atoms with Crippen LogP contribution >= 0.6 is 0 Å². The van der Waals surface area contributed by atoms with Gasteiger partial charge in [0.1, 0.15) is 11.5 Å². The van der Waals surface area contributed by atoms with Crippen LogP contribution in [0, 0.1) is 0 Å². The molecule has 128 valence electrons. The average Bonchev–Trinajstić information content (AvgIpc) is 2.59. The number of carbonyl (C=O) groups is 1. The molecule has 0 bridgehead atoms. The van der Waals surface area contributed by atoms with E-state index in [0.29, 0.717) is 6.42 Å². The number of hydrogen-bond donors (Lipinski definition) is 1. The molecule has 2 rings (SSSR count). The lowest BCUT2D eigenvalue weighted by molar-refractivity contribution is -0.121. The topological polar surface area (TPSA) is 47.6 Å². The molecule has 0 aliphatic rings. The molecule has 0 radical (unpaired) electrons. The minimum atomic E-state index is -0.0134. The number of ether oxygens (including phenoxy) is 2. The molecular weight excluding hydrogens is 302 g/mol. The molecule has 2 aromatic rings. The Balaban J connectivity index is 2.29. The summed E-state index contributed by atoms with van der Waals surface area (Å²) >= 11 is 0. The van der Waals surface area contributed by atoms with Crippen molar-refractivity contribution in [2.24, 2.45) is 0 Å². The van der Waals surface area contributed by atoms with Gasteiger partial charge in [0.15, 0.2) is 0 Å². The number of amides is 1. The summed E-state index contributed by atoms with van der Waals surface area (Å²) in [6.07, 6.45) is 0.400. The minimum absolute atomic E-state index is 0.0134. The molecular formula is C20H25NO3. The highest BCUT2D eigenvalue weighted by Gasteiger charge is 2.19. The van der Waals surface area contributed by atoms with Gasteiger partial charge in [-0.25, -0.2) is 0 Å². The zero-order valence-corrected chi connectivity index (χ0v) is 14.7. The van der Waals surface area contributed by atoms with Crippen LogP contribution in [0.4, 0.5) is 0 Å². The number of rotatable bonds is 7. The van der Waals surface area contributed by atoms with Crippen LogP contribution in [-0.4, -0.2) is 26.2 Å². The van der Waals surface area contributed by atoms with E-state index >= 15 is 0 Å². The number of benzene rings is 2. The van der Waals surface area contributed by atoms with Crippen LogP contribution in [0.2, 0.25) is 0 Å². The van der Waals surface area contributed by atoms with E-state index in [0.717, 1.165) is 22.6 Å². The normalized spacial score (nSPS) is 10.8. The van der Waals surface area contributed by atoms with Crippen LogP contribution in [0.15, 0.2) is 48.5 Å². The number of hydrogen-bond acceptors (Lipinski definition) is 3. The summed E-state index contributed by atoms with van der Waals surface area (Å²) in [6, 6.07) is 15.9. The van der Waals surface area contributed by atoms with Crippen LogP contribution in [0.1, 0.15) is 37.3 Å². The Labute approximate surface area is 143 Å². The van der Waals surface area contributed by atoms with E-state index in [2.05, 4.69) is 5.32 Å². The molecule has 0 fully saturated rings. The van der Waals surface area contributed by atoms with Gasteiger partial charge in [-0.3, -0.25) is 4.79 Å². The van der Waals surface area contributed by atoms with E-state index in [1.54, 1.807) is 14.2 Å². The van der Waals surface area contributed by atoms with Gasteiger partial charge in [-0.2, -0.15) is 0 Å². The van der Waals surface area contributed by atoms with E-state index in [4.69, 9.17) is 9.47 Å². The van der Waals surface area contributed by atoms with Crippen molar-refractivity contribution in [1.82, 2.24) is 5.32 Å². The molecule has 24 heavy (non-hydrogen) atoms. The summed E-state index contributed by atoms with van der Waals surface area (Å²) in [5.74, 6) is 1.64. The summed E-state index contributed by atoms with van der Waals surface area (Å²) in [5.41, 5.74) is 2.17. The smallest absolute Gasteiger partial charge is 0.221 e. The Bertz CT molecular complexity index is 600. The van der Waals surface area contributed by atoms with Gasteiger partial charge in [0.05, 0.1) is 14.2 Å². The summed E-state index contributed by atoms with van der Waals surface area (Å²) in [4.78, 5) is 12.3. The first-order valence-corrected chi connectivity index (χ1v) is 8.10. The zero-order chi connectivity index (χ0) is 17.5. The molecule has 0 saturated heterocycles. The Morgan fingerprint density at radius 2 is 1.29 bits per heavy atom. The average molecular weight is 327 g/mol. The molecule has 0 aromatic heterocycles. The third-order valence-electron chi connectivity index (χ3n) is 3.88. The monoisotopic (exact) mass is 327 g/mol. The van der Waals surface area contributed by atoms with E-state index in [9.17, 15) is 4.79 Å². The van der Waals surface area contributed by atoms with Crippen molar-refractivity contribution in [1.29, 1.82) is 0 Å². The van der Waals surface area contributed by atoms with E-state index in [-0.39, 0.29) is 17.9 Å². The first-order chi connectivity index (χ1) is 11.5. The fraction of sp³-hybridized carbons (Fsp3) is 0.350. The van der Waals surface area contributed by atoms with E-state index in [1.807, 2.05) is 62.4 Å². The maximum atomic E-state index is 12.3. The molecule has 4 heteroatoms. The lowest BCUT2D eigenvalue weighted by atomic mass is 9.88. The molecule has 0 unspecified atom stereocenters. The van der Waals surface area contributed by atoms with Crippen LogP contribution < -0.4 is 14.8 Å². The molecule has 0 atom stereocenters. The van der Waals surface area contributed by atoms with Crippen molar-refractivity contribution in [2.75, 3.05) is 14.2 Å². The molecule has 0 spiro atoms. The van der Waals surface area contributed by atoms with Crippen LogP contribution in [0.3, 0.4) is 0 Å². The second kappa shape index (κ2) is 8.39. The number of nitrogens with one attached hydrogen (secondary N) is 1. The Morgan fingerprint density at radius 3 is 1.62 bits per heavy atom. The van der Waals surface area contributed by atoms with Gasteiger partial charge in [0.2, 0.25) is 5.91 Å². The molecule has 1 N–H and O–H groups in total. The minimum Gasteiger partial charge on any atom is -0.497 e. The van der Waals surface area contributed by atoms with Gasteiger partial charge in [0, 0.05) is 18.4 Å². The lowest BCUT2D eigenvalue weighted by Gasteiger charge is -2.19. The Hall–Kier alpha value is -2.49. The number of carbonyl (C=O) groups excluding carboxylic acids is 1. The van der Waals surface area contributed by atoms with Gasteiger partial charge in [-0.05, 0) is 49.2 Å². The summed E-state index contributed by atoms with van der Waals surface area (Å²) in [6.45, 7) is 3.93. The molecule has 0 aliphatic carbocycles. The van der Waals surface area contributed by atoms with Crippen molar-refractivity contribution in [3.8, 4) is 11.5 Å². The summed E-state index contributed by atoms with van der Waals surface area (Å²) < 4.78 is 10.4. The van der Waals surface area contributed by atoms with Crippen molar-refractivity contribution in [3.05, 3.63) is 59.7 Å². The van der Waals surface area contributed by atoms with Crippen LogP contribution in [0.25, 0.3) is 0 Å². The lowest BCUT2D eigenvalue weighted by Crippen LogP contribution is -2.31. The SMILES string of the molecule is COc1ccc(C(CC(=O)NC(C)C)c2ccc(OC)cc2)cc1. The van der Waals surface area contributed by atoms with Gasteiger partial charge >= 0.3 is 0 Å². The third-order valence-corrected chi connectivity index (χ3v) is 3.88. The summed E-state index contributed by atoms with van der Waals surface area (Å²) in [7, 11) is 3.29. The standard InChI is InChI=1S/C20H25NO3/c1-14(2)21-20(22)13-19(15-5-9-17(23-3)10-6-15)16-7-11-18(24-4)12-8-16/h5-12,14,19H,13H2,1-4H3,(H,21,22). The van der Waals surface area contributed by atoms with Crippen LogP contribution in [-0.2, 0) is 4.79 Å². The fourth-order valence-corrected chi connectivity index (χ4v) is 2.67. The van der Waals surface area contributed by atoms with Crippen molar-refractivity contribution >= 4 is 5.91 Å². The fourth-order valence-electron chi connectivity index (χ4n) is 2.67. The molecule has 2 aromatic carbocycles. The van der Waals surface area contributed by atoms with Crippen LogP contribution in [0.5, 0.6) is 11.5 Å². The Kier molecular flexibility index (Phi) is 6.24. The zero-order valence-electron chi connectivity index (χ0n) is 14.7. The van der Waals surface area contributed by atoms with Gasteiger partial charge in [0.25, 0.3) is 0 Å². The second-order valence-corrected chi connectivity index (χ2v) is 6.03. The third kappa shape index (κ3) is 4.75. The molecule has 0 aliphatic heterocycles. The maximum absolute atomic E-state index is 12.3. The summed E-state index contributed by atoms with van der Waals surface area (Å²) in [5, 5.41) is 2.97.